The maximum atomic E-state index is 13.5. The molecule has 7 heteroatoms. The van der Waals surface area contributed by atoms with Crippen molar-refractivity contribution in [1.29, 1.82) is 0 Å². The number of fused-ring (bicyclic) bond motifs is 4. The number of amides is 1. The van der Waals surface area contributed by atoms with Crippen molar-refractivity contribution in [3.8, 4) is 11.5 Å². The van der Waals surface area contributed by atoms with E-state index in [1.54, 1.807) is 12.1 Å². The predicted octanol–water partition coefficient (Wildman–Crippen LogP) is 4.98. The number of ketones is 1. The van der Waals surface area contributed by atoms with E-state index >= 15 is 0 Å². The highest BCUT2D eigenvalue weighted by Gasteiger charge is 2.23. The Bertz CT molecular complexity index is 1320. The van der Waals surface area contributed by atoms with Crippen LogP contribution in [-0.4, -0.2) is 48.7 Å². The van der Waals surface area contributed by atoms with Gasteiger partial charge in [0, 0.05) is 25.1 Å². The van der Waals surface area contributed by atoms with Gasteiger partial charge in [0.05, 0.1) is 25.4 Å². The third kappa shape index (κ3) is 9.44. The number of benzene rings is 3. The number of aliphatic hydroxyl groups is 1. The molecule has 3 aromatic carbocycles. The number of aliphatic hydroxyl groups excluding tert-OH is 1. The van der Waals surface area contributed by atoms with Crippen molar-refractivity contribution in [1.82, 2.24) is 10.6 Å². The van der Waals surface area contributed by atoms with Gasteiger partial charge in [-0.15, -0.1) is 0 Å². The molecule has 4 bridgehead atoms. The number of hydrogen-bond acceptors (Lipinski definition) is 6. The van der Waals surface area contributed by atoms with Crippen molar-refractivity contribution in [2.24, 2.45) is 0 Å². The molecule has 7 nitrogen and oxygen atoms in total. The van der Waals surface area contributed by atoms with Crippen LogP contribution >= 0.6 is 0 Å². The monoisotopic (exact) mass is 558 g/mol. The summed E-state index contributed by atoms with van der Waals surface area (Å²) in [4.78, 5) is 25.4. The summed E-state index contributed by atoms with van der Waals surface area (Å²) in [5.41, 5.74) is 4.49. The predicted molar refractivity (Wildman–Crippen MR) is 161 cm³/mol. The van der Waals surface area contributed by atoms with Crippen molar-refractivity contribution in [3.05, 3.63) is 94.5 Å². The van der Waals surface area contributed by atoms with Gasteiger partial charge in [-0.3, -0.25) is 9.59 Å². The molecule has 0 aliphatic carbocycles. The topological polar surface area (TPSA) is 96.9 Å². The minimum atomic E-state index is -0.855. The van der Waals surface area contributed by atoms with Gasteiger partial charge in [-0.1, -0.05) is 50.2 Å². The number of rotatable bonds is 8. The van der Waals surface area contributed by atoms with Gasteiger partial charge in [-0.25, -0.2) is 0 Å². The third-order valence-corrected chi connectivity index (χ3v) is 7.19. The Labute approximate surface area is 243 Å². The smallest absolute Gasteiger partial charge is 0.251 e. The van der Waals surface area contributed by atoms with Crippen LogP contribution in [0.3, 0.4) is 0 Å². The lowest BCUT2D eigenvalue weighted by molar-refractivity contribution is -0.116. The Balaban J connectivity index is 1.55. The molecule has 1 heterocycles. The zero-order valence-electron chi connectivity index (χ0n) is 24.3. The minimum absolute atomic E-state index is 0.00554. The molecule has 0 aromatic heterocycles. The molecule has 0 radical (unpaired) electrons. The average Bonchev–Trinajstić information content (AvgIpc) is 2.94. The molecular formula is C34H42N2O5. The SMILES string of the molecule is CC(=O)Cc1cc2cc(c1)C(=O)N[C@H]([C@H](O)CNCc1cccc(C(C)C)c1)Cc1cccc(c1)OCCCCO2. The van der Waals surface area contributed by atoms with Gasteiger partial charge in [0.15, 0.2) is 0 Å². The highest BCUT2D eigenvalue weighted by Crippen LogP contribution is 2.21. The molecule has 0 saturated carbocycles. The van der Waals surface area contributed by atoms with Crippen molar-refractivity contribution in [3.63, 3.8) is 0 Å². The van der Waals surface area contributed by atoms with Gasteiger partial charge in [0.25, 0.3) is 5.91 Å². The molecular weight excluding hydrogens is 516 g/mol. The molecule has 0 unspecified atom stereocenters. The standard InChI is InChI=1S/C34H42N2O5/c1-23(2)28-10-6-9-26(15-28)21-35-22-33(38)32-19-25-8-7-11-30(17-25)40-12-4-5-13-41-31-18-27(14-24(3)37)16-29(20-31)34(39)36-32/h6-11,15-18,20,23,32-33,35,38H,4-5,12-14,19,21-22H2,1-3H3,(H,36,39)/t32-,33+/m0/s1. The molecule has 0 saturated heterocycles. The minimum Gasteiger partial charge on any atom is -0.494 e. The molecule has 0 spiro atoms. The average molecular weight is 559 g/mol. The number of hydrogen-bond donors (Lipinski definition) is 3. The second kappa shape index (κ2) is 14.8. The lowest BCUT2D eigenvalue weighted by Gasteiger charge is -2.25. The third-order valence-electron chi connectivity index (χ3n) is 7.19. The summed E-state index contributed by atoms with van der Waals surface area (Å²) in [7, 11) is 0. The molecule has 1 aliphatic heterocycles. The van der Waals surface area contributed by atoms with E-state index in [2.05, 4.69) is 48.7 Å². The number of ether oxygens (including phenoxy) is 2. The Morgan fingerprint density at radius 1 is 0.976 bits per heavy atom. The molecule has 3 aromatic rings. The summed E-state index contributed by atoms with van der Waals surface area (Å²) in [6, 6.07) is 20.9. The van der Waals surface area contributed by atoms with Crippen LogP contribution in [0, 0.1) is 0 Å². The van der Waals surface area contributed by atoms with Crippen LogP contribution in [0.25, 0.3) is 0 Å². The van der Waals surface area contributed by atoms with Gasteiger partial charge in [-0.05, 0) is 84.7 Å². The van der Waals surface area contributed by atoms with Crippen molar-refractivity contribution >= 4 is 11.7 Å². The Kier molecular flexibility index (Phi) is 10.9. The quantitative estimate of drug-likeness (QED) is 0.361. The first-order valence-electron chi connectivity index (χ1n) is 14.5. The summed E-state index contributed by atoms with van der Waals surface area (Å²) in [5, 5.41) is 17.7. The molecule has 0 fully saturated rings. The fraction of sp³-hybridized carbons (Fsp3) is 0.412. The van der Waals surface area contributed by atoms with Gasteiger partial charge in [-0.2, -0.15) is 0 Å². The van der Waals surface area contributed by atoms with Gasteiger partial charge in [0.2, 0.25) is 0 Å². The van der Waals surface area contributed by atoms with Crippen LogP contribution < -0.4 is 20.1 Å². The van der Waals surface area contributed by atoms with Gasteiger partial charge >= 0.3 is 0 Å². The Hall–Kier alpha value is -3.68. The van der Waals surface area contributed by atoms with E-state index in [1.807, 2.05) is 30.3 Å². The summed E-state index contributed by atoms with van der Waals surface area (Å²) in [6.45, 7) is 7.80. The lowest BCUT2D eigenvalue weighted by atomic mass is 9.99. The normalized spacial score (nSPS) is 16.8. The number of nitrogens with one attached hydrogen (secondary N) is 2. The molecule has 2 atom stereocenters. The maximum absolute atomic E-state index is 13.5. The second-order valence-electron chi connectivity index (χ2n) is 11.2. The summed E-state index contributed by atoms with van der Waals surface area (Å²) in [6.07, 6.45) is 1.39. The van der Waals surface area contributed by atoms with E-state index in [-0.39, 0.29) is 18.1 Å². The summed E-state index contributed by atoms with van der Waals surface area (Å²) < 4.78 is 11.9. The van der Waals surface area contributed by atoms with E-state index in [0.29, 0.717) is 50.0 Å². The van der Waals surface area contributed by atoms with E-state index < -0.39 is 12.1 Å². The van der Waals surface area contributed by atoms with Crippen LogP contribution in [0.1, 0.15) is 72.1 Å². The van der Waals surface area contributed by atoms with Crippen LogP contribution in [0.4, 0.5) is 0 Å². The van der Waals surface area contributed by atoms with Crippen molar-refractivity contribution in [2.75, 3.05) is 19.8 Å². The second-order valence-corrected chi connectivity index (χ2v) is 11.2. The number of carbonyl (C=O) groups is 2. The number of Topliss-reactive ketones (excluding diaryl/α,β-unsaturated/α-hetero) is 1. The van der Waals surface area contributed by atoms with E-state index in [9.17, 15) is 14.7 Å². The van der Waals surface area contributed by atoms with Crippen LogP contribution in [0.15, 0.2) is 66.7 Å². The van der Waals surface area contributed by atoms with Crippen LogP contribution in [0.2, 0.25) is 0 Å². The Morgan fingerprint density at radius 3 is 2.49 bits per heavy atom. The lowest BCUT2D eigenvalue weighted by Crippen LogP contribution is -2.48. The Morgan fingerprint density at radius 2 is 1.73 bits per heavy atom. The largest absolute Gasteiger partial charge is 0.494 e. The van der Waals surface area contributed by atoms with Gasteiger partial charge < -0.3 is 25.2 Å². The first kappa shape index (κ1) is 30.3. The van der Waals surface area contributed by atoms with E-state index in [4.69, 9.17) is 9.47 Å². The first-order valence-corrected chi connectivity index (χ1v) is 14.5. The van der Waals surface area contributed by atoms with Crippen LogP contribution in [0.5, 0.6) is 11.5 Å². The van der Waals surface area contributed by atoms with Crippen molar-refractivity contribution in [2.45, 2.75) is 71.1 Å². The molecule has 3 N–H and O–H groups in total. The van der Waals surface area contributed by atoms with E-state index in [1.165, 1.54) is 12.5 Å². The zero-order valence-corrected chi connectivity index (χ0v) is 24.3. The fourth-order valence-corrected chi connectivity index (χ4v) is 4.97. The molecule has 1 amide bonds. The fourth-order valence-electron chi connectivity index (χ4n) is 4.97. The summed E-state index contributed by atoms with van der Waals surface area (Å²) in [5.74, 6) is 1.43. The first-order chi connectivity index (χ1) is 19.8. The molecule has 4 rings (SSSR count). The highest BCUT2D eigenvalue weighted by atomic mass is 16.5. The van der Waals surface area contributed by atoms with E-state index in [0.717, 1.165) is 35.3 Å². The maximum Gasteiger partial charge on any atom is 0.251 e. The van der Waals surface area contributed by atoms with Crippen LogP contribution in [-0.2, 0) is 24.2 Å². The molecule has 218 valence electrons. The van der Waals surface area contributed by atoms with Crippen molar-refractivity contribution < 1.29 is 24.2 Å². The highest BCUT2D eigenvalue weighted by molar-refractivity contribution is 5.95. The molecule has 41 heavy (non-hydrogen) atoms. The van der Waals surface area contributed by atoms with Gasteiger partial charge in [0.1, 0.15) is 17.3 Å². The summed E-state index contributed by atoms with van der Waals surface area (Å²) >= 11 is 0. The zero-order chi connectivity index (χ0) is 29.2. The molecule has 1 aliphatic rings. The number of carbonyl (C=O) groups excluding carboxylic acids is 2.